The lowest BCUT2D eigenvalue weighted by Crippen LogP contribution is -2.38. The van der Waals surface area contributed by atoms with Crippen molar-refractivity contribution in [1.29, 1.82) is 0 Å². The summed E-state index contributed by atoms with van der Waals surface area (Å²) in [7, 11) is 1.52. The molecule has 17 heavy (non-hydrogen) atoms. The highest BCUT2D eigenvalue weighted by Crippen LogP contribution is 2.03. The smallest absolute Gasteiger partial charge is 0.298 e. The Balaban J connectivity index is 2.69. The first-order chi connectivity index (χ1) is 8.07. The van der Waals surface area contributed by atoms with E-state index in [9.17, 15) is 9.59 Å². The number of unbranched alkanes of at least 4 members (excludes halogenated alkanes) is 3. The summed E-state index contributed by atoms with van der Waals surface area (Å²) in [5, 5.41) is 1.03. The summed E-state index contributed by atoms with van der Waals surface area (Å²) >= 11 is 3.39. The second-order valence-corrected chi connectivity index (χ2v) is 5.01. The molecule has 0 spiro atoms. The lowest BCUT2D eigenvalue weighted by Gasteiger charge is -2.10. The van der Waals surface area contributed by atoms with E-state index in [0.29, 0.717) is 6.54 Å². The maximum Gasteiger partial charge on any atom is 0.330 e. The van der Waals surface area contributed by atoms with Gasteiger partial charge in [-0.25, -0.2) is 4.79 Å². The van der Waals surface area contributed by atoms with Crippen LogP contribution >= 0.6 is 15.9 Å². The second-order valence-electron chi connectivity index (χ2n) is 4.22. The van der Waals surface area contributed by atoms with Crippen LogP contribution in [-0.2, 0) is 13.6 Å². The molecule has 0 radical (unpaired) electrons. The van der Waals surface area contributed by atoms with E-state index in [0.717, 1.165) is 28.4 Å². The summed E-state index contributed by atoms with van der Waals surface area (Å²) in [6.45, 7) is 2.50. The van der Waals surface area contributed by atoms with Gasteiger partial charge in [-0.1, -0.05) is 28.8 Å². The van der Waals surface area contributed by atoms with E-state index in [4.69, 9.17) is 0 Å². The van der Waals surface area contributed by atoms with Crippen molar-refractivity contribution in [3.05, 3.63) is 32.6 Å². The number of rotatable bonds is 6. The van der Waals surface area contributed by atoms with Crippen LogP contribution in [0.1, 0.15) is 31.4 Å². The van der Waals surface area contributed by atoms with E-state index in [1.54, 1.807) is 11.5 Å². The van der Waals surface area contributed by atoms with Crippen LogP contribution in [0, 0.1) is 6.92 Å². The molecule has 4 nitrogen and oxygen atoms in total. The SMILES string of the molecule is Cc1cc(=O)n(C)c(=O)n1CCCCCCBr. The Morgan fingerprint density at radius 3 is 2.47 bits per heavy atom. The van der Waals surface area contributed by atoms with Crippen molar-refractivity contribution in [2.75, 3.05) is 5.33 Å². The van der Waals surface area contributed by atoms with Crippen LogP contribution < -0.4 is 11.2 Å². The molecule has 5 heteroatoms. The zero-order valence-corrected chi connectivity index (χ0v) is 12.0. The molecule has 0 bridgehead atoms. The average Bonchev–Trinajstić information content (AvgIpc) is 2.30. The molecule has 0 N–H and O–H groups in total. The first-order valence-corrected chi connectivity index (χ1v) is 7.03. The highest BCUT2D eigenvalue weighted by molar-refractivity contribution is 9.09. The molecule has 1 aromatic heterocycles. The molecule has 0 atom stereocenters. The summed E-state index contributed by atoms with van der Waals surface area (Å²) in [4.78, 5) is 23.2. The van der Waals surface area contributed by atoms with Gasteiger partial charge in [-0.2, -0.15) is 0 Å². The Kier molecular flexibility index (Phi) is 5.68. The van der Waals surface area contributed by atoms with Gasteiger partial charge in [-0.3, -0.25) is 13.9 Å². The maximum atomic E-state index is 11.8. The van der Waals surface area contributed by atoms with Crippen LogP contribution in [0.25, 0.3) is 0 Å². The van der Waals surface area contributed by atoms with Crippen LogP contribution in [0.4, 0.5) is 0 Å². The lowest BCUT2D eigenvalue weighted by atomic mass is 10.2. The minimum absolute atomic E-state index is 0.213. The topological polar surface area (TPSA) is 44.0 Å². The second kappa shape index (κ2) is 6.79. The normalized spacial score (nSPS) is 10.8. The van der Waals surface area contributed by atoms with E-state index in [1.807, 2.05) is 0 Å². The molecule has 96 valence electrons. The number of hydrogen-bond acceptors (Lipinski definition) is 2. The van der Waals surface area contributed by atoms with E-state index < -0.39 is 0 Å². The number of alkyl halides is 1. The Labute approximate surface area is 109 Å². The average molecular weight is 303 g/mol. The zero-order chi connectivity index (χ0) is 12.8. The molecule has 0 unspecified atom stereocenters. The van der Waals surface area contributed by atoms with E-state index in [2.05, 4.69) is 15.9 Å². The van der Waals surface area contributed by atoms with Crippen molar-refractivity contribution in [2.45, 2.75) is 39.2 Å². The summed E-state index contributed by atoms with van der Waals surface area (Å²) in [6.07, 6.45) is 4.43. The van der Waals surface area contributed by atoms with Crippen molar-refractivity contribution in [3.63, 3.8) is 0 Å². The molecule has 1 rings (SSSR count). The lowest BCUT2D eigenvalue weighted by molar-refractivity contribution is 0.531. The van der Waals surface area contributed by atoms with Gasteiger partial charge in [0.05, 0.1) is 0 Å². The fraction of sp³-hybridized carbons (Fsp3) is 0.667. The molecular weight excluding hydrogens is 284 g/mol. The van der Waals surface area contributed by atoms with E-state index >= 15 is 0 Å². The quantitative estimate of drug-likeness (QED) is 0.594. The Hall–Kier alpha value is -0.840. The first kappa shape index (κ1) is 14.2. The minimum Gasteiger partial charge on any atom is -0.298 e. The standard InChI is InChI=1S/C12H19BrN2O2/c1-10-9-11(16)14(2)12(17)15(10)8-6-4-3-5-7-13/h9H,3-8H2,1-2H3. The highest BCUT2D eigenvalue weighted by atomic mass is 79.9. The van der Waals surface area contributed by atoms with Crippen molar-refractivity contribution in [2.24, 2.45) is 7.05 Å². The van der Waals surface area contributed by atoms with E-state index in [-0.39, 0.29) is 11.2 Å². The highest BCUT2D eigenvalue weighted by Gasteiger charge is 2.04. The molecule has 0 amide bonds. The van der Waals surface area contributed by atoms with Crippen LogP contribution in [-0.4, -0.2) is 14.5 Å². The zero-order valence-electron chi connectivity index (χ0n) is 10.4. The van der Waals surface area contributed by atoms with Gasteiger partial charge in [-0.05, 0) is 19.8 Å². The Morgan fingerprint density at radius 2 is 1.82 bits per heavy atom. The molecular formula is C12H19BrN2O2. The predicted molar refractivity (Wildman–Crippen MR) is 72.9 cm³/mol. The maximum absolute atomic E-state index is 11.8. The molecule has 0 aliphatic carbocycles. The monoisotopic (exact) mass is 302 g/mol. The fourth-order valence-corrected chi connectivity index (χ4v) is 2.17. The van der Waals surface area contributed by atoms with Gasteiger partial charge in [0, 0.05) is 30.7 Å². The van der Waals surface area contributed by atoms with Gasteiger partial charge in [0.2, 0.25) is 0 Å². The summed E-state index contributed by atoms with van der Waals surface area (Å²) < 4.78 is 2.83. The molecule has 1 aromatic rings. The van der Waals surface area contributed by atoms with Crippen molar-refractivity contribution >= 4 is 15.9 Å². The summed E-state index contributed by atoms with van der Waals surface area (Å²) in [5.41, 5.74) is 0.303. The third-order valence-electron chi connectivity index (χ3n) is 2.87. The number of nitrogens with zero attached hydrogens (tertiary/aromatic N) is 2. The third-order valence-corrected chi connectivity index (χ3v) is 3.43. The van der Waals surface area contributed by atoms with Gasteiger partial charge in [0.1, 0.15) is 0 Å². The van der Waals surface area contributed by atoms with Gasteiger partial charge in [0.25, 0.3) is 5.56 Å². The van der Waals surface area contributed by atoms with Gasteiger partial charge < -0.3 is 0 Å². The molecule has 0 aliphatic rings. The van der Waals surface area contributed by atoms with Crippen LogP contribution in [0.15, 0.2) is 15.7 Å². The molecule has 0 saturated heterocycles. The van der Waals surface area contributed by atoms with Crippen molar-refractivity contribution < 1.29 is 0 Å². The van der Waals surface area contributed by atoms with Gasteiger partial charge in [0.15, 0.2) is 0 Å². The van der Waals surface area contributed by atoms with Crippen LogP contribution in [0.5, 0.6) is 0 Å². The molecule has 0 fully saturated rings. The molecule has 1 heterocycles. The first-order valence-electron chi connectivity index (χ1n) is 5.91. The predicted octanol–water partition coefficient (Wildman–Crippen LogP) is 1.81. The van der Waals surface area contributed by atoms with E-state index in [1.165, 1.54) is 26.0 Å². The van der Waals surface area contributed by atoms with Crippen LogP contribution in [0.2, 0.25) is 0 Å². The van der Waals surface area contributed by atoms with Crippen LogP contribution in [0.3, 0.4) is 0 Å². The summed E-state index contributed by atoms with van der Waals surface area (Å²) in [6, 6.07) is 1.51. The largest absolute Gasteiger partial charge is 0.330 e. The van der Waals surface area contributed by atoms with Gasteiger partial charge >= 0.3 is 5.69 Å². The number of aromatic nitrogens is 2. The third kappa shape index (κ3) is 3.84. The molecule has 0 aliphatic heterocycles. The molecule has 0 aromatic carbocycles. The van der Waals surface area contributed by atoms with Gasteiger partial charge in [-0.15, -0.1) is 0 Å². The number of hydrogen-bond donors (Lipinski definition) is 0. The van der Waals surface area contributed by atoms with Crippen molar-refractivity contribution in [3.8, 4) is 0 Å². The Bertz CT molecular complexity index is 476. The number of halogens is 1. The fourth-order valence-electron chi connectivity index (χ4n) is 1.77. The number of aryl methyl sites for hydroxylation is 1. The van der Waals surface area contributed by atoms with Crippen molar-refractivity contribution in [1.82, 2.24) is 9.13 Å². The molecule has 0 saturated carbocycles. The summed E-state index contributed by atoms with van der Waals surface area (Å²) in [5.74, 6) is 0. The Morgan fingerprint density at radius 1 is 1.18 bits per heavy atom. The minimum atomic E-state index is -0.233.